The van der Waals surface area contributed by atoms with Gasteiger partial charge in [0.1, 0.15) is 17.3 Å². The summed E-state index contributed by atoms with van der Waals surface area (Å²) in [6, 6.07) is 10.5. The quantitative estimate of drug-likeness (QED) is 0.541. The summed E-state index contributed by atoms with van der Waals surface area (Å²) in [4.78, 5) is 12.6. The molecule has 0 radical (unpaired) electrons. The fourth-order valence-electron chi connectivity index (χ4n) is 3.75. The molecule has 1 aliphatic rings. The molecular weight excluding hydrogens is 446 g/mol. The Morgan fingerprint density at radius 3 is 2.44 bits per heavy atom. The Kier molecular flexibility index (Phi) is 7.86. The molecule has 0 unspecified atom stereocenters. The van der Waals surface area contributed by atoms with E-state index in [0.717, 1.165) is 50.9 Å². The van der Waals surface area contributed by atoms with Crippen molar-refractivity contribution in [3.63, 3.8) is 0 Å². The third kappa shape index (κ3) is 6.05. The van der Waals surface area contributed by atoms with Gasteiger partial charge in [-0.05, 0) is 35.9 Å². The van der Waals surface area contributed by atoms with Gasteiger partial charge < -0.3 is 5.32 Å². The zero-order valence-electron chi connectivity index (χ0n) is 17.3. The largest absolute Gasteiger partial charge is 0.433 e. The summed E-state index contributed by atoms with van der Waals surface area (Å²) >= 11 is 0. The highest BCUT2D eigenvalue weighted by Gasteiger charge is 2.32. The maximum atomic E-state index is 13.3. The summed E-state index contributed by atoms with van der Waals surface area (Å²) in [7, 11) is 0. The number of anilines is 1. The van der Waals surface area contributed by atoms with Crippen molar-refractivity contribution < 1.29 is 17.6 Å². The number of hydrogen-bond donors (Lipinski definition) is 1. The minimum absolute atomic E-state index is 0. The SMILES string of the molecule is Cl.Fc1cccc(CN2CCN(CCNc3nccc4nc(C(F)(F)F)ccc34)CC2)c1. The predicted octanol–water partition coefficient (Wildman–Crippen LogP) is 4.44. The zero-order valence-corrected chi connectivity index (χ0v) is 18.1. The van der Waals surface area contributed by atoms with Crippen LogP contribution in [-0.4, -0.2) is 59.0 Å². The van der Waals surface area contributed by atoms with E-state index >= 15 is 0 Å². The van der Waals surface area contributed by atoms with Gasteiger partial charge >= 0.3 is 6.18 Å². The molecule has 0 aliphatic carbocycles. The van der Waals surface area contributed by atoms with Crippen molar-refractivity contribution in [1.82, 2.24) is 19.8 Å². The van der Waals surface area contributed by atoms with E-state index in [1.54, 1.807) is 12.1 Å². The highest BCUT2D eigenvalue weighted by Crippen LogP contribution is 2.30. The van der Waals surface area contributed by atoms with Gasteiger partial charge in [-0.3, -0.25) is 9.80 Å². The minimum Gasteiger partial charge on any atom is -0.368 e. The molecule has 3 heterocycles. The Bertz CT molecular complexity index is 1040. The number of nitrogens with zero attached hydrogens (tertiary/aromatic N) is 4. The summed E-state index contributed by atoms with van der Waals surface area (Å²) < 4.78 is 52.0. The van der Waals surface area contributed by atoms with Gasteiger partial charge in [0.15, 0.2) is 0 Å². The molecule has 1 N–H and O–H groups in total. The summed E-state index contributed by atoms with van der Waals surface area (Å²) in [6.45, 7) is 5.74. The van der Waals surface area contributed by atoms with Gasteiger partial charge in [0.25, 0.3) is 0 Å². The van der Waals surface area contributed by atoms with Gasteiger partial charge in [-0.1, -0.05) is 12.1 Å². The smallest absolute Gasteiger partial charge is 0.368 e. The molecule has 0 spiro atoms. The highest BCUT2D eigenvalue weighted by molar-refractivity contribution is 5.89. The lowest BCUT2D eigenvalue weighted by Crippen LogP contribution is -2.47. The third-order valence-electron chi connectivity index (χ3n) is 5.39. The second-order valence-corrected chi connectivity index (χ2v) is 7.59. The molecule has 2 aromatic heterocycles. The third-order valence-corrected chi connectivity index (χ3v) is 5.39. The van der Waals surface area contributed by atoms with Crippen LogP contribution in [0.3, 0.4) is 0 Å². The summed E-state index contributed by atoms with van der Waals surface area (Å²) in [5.74, 6) is 0.317. The number of alkyl halides is 3. The van der Waals surface area contributed by atoms with E-state index in [1.165, 1.54) is 24.4 Å². The van der Waals surface area contributed by atoms with Gasteiger partial charge in [-0.2, -0.15) is 13.2 Å². The molecule has 0 amide bonds. The van der Waals surface area contributed by atoms with Crippen LogP contribution in [0.1, 0.15) is 11.3 Å². The van der Waals surface area contributed by atoms with Gasteiger partial charge in [0.05, 0.1) is 5.52 Å². The molecular formula is C22H24ClF4N5. The molecule has 32 heavy (non-hydrogen) atoms. The fourth-order valence-corrected chi connectivity index (χ4v) is 3.75. The first-order valence-corrected chi connectivity index (χ1v) is 10.1. The normalized spacial score (nSPS) is 15.5. The summed E-state index contributed by atoms with van der Waals surface area (Å²) in [6.07, 6.45) is -3.01. The first-order chi connectivity index (χ1) is 14.9. The molecule has 0 bridgehead atoms. The number of fused-ring (bicyclic) bond motifs is 1. The average Bonchev–Trinajstić information content (AvgIpc) is 2.74. The number of piperazine rings is 1. The minimum atomic E-state index is -4.47. The second-order valence-electron chi connectivity index (χ2n) is 7.59. The lowest BCUT2D eigenvalue weighted by atomic mass is 10.2. The Balaban J connectivity index is 0.00000289. The number of nitrogens with one attached hydrogen (secondary N) is 1. The number of pyridine rings is 2. The summed E-state index contributed by atoms with van der Waals surface area (Å²) in [5.41, 5.74) is 0.325. The number of hydrogen-bond acceptors (Lipinski definition) is 5. The maximum Gasteiger partial charge on any atom is 0.433 e. The molecule has 172 valence electrons. The van der Waals surface area contributed by atoms with Crippen molar-refractivity contribution in [3.05, 3.63) is 65.7 Å². The van der Waals surface area contributed by atoms with E-state index in [1.807, 2.05) is 6.07 Å². The van der Waals surface area contributed by atoms with Crippen LogP contribution in [0.15, 0.2) is 48.7 Å². The maximum absolute atomic E-state index is 13.3. The molecule has 1 aliphatic heterocycles. The second kappa shape index (κ2) is 10.4. The Morgan fingerprint density at radius 1 is 0.969 bits per heavy atom. The van der Waals surface area contributed by atoms with Crippen LogP contribution in [0, 0.1) is 5.82 Å². The van der Waals surface area contributed by atoms with Gasteiger partial charge in [-0.25, -0.2) is 14.4 Å². The van der Waals surface area contributed by atoms with Crippen molar-refractivity contribution in [2.75, 3.05) is 44.6 Å². The zero-order chi connectivity index (χ0) is 21.8. The molecule has 4 rings (SSSR count). The van der Waals surface area contributed by atoms with E-state index in [4.69, 9.17) is 0 Å². The van der Waals surface area contributed by atoms with Crippen molar-refractivity contribution in [2.45, 2.75) is 12.7 Å². The fraction of sp³-hybridized carbons (Fsp3) is 0.364. The van der Waals surface area contributed by atoms with Crippen LogP contribution in [0.5, 0.6) is 0 Å². The molecule has 10 heteroatoms. The molecule has 1 fully saturated rings. The average molecular weight is 470 g/mol. The van der Waals surface area contributed by atoms with Crippen LogP contribution in [0.25, 0.3) is 10.9 Å². The highest BCUT2D eigenvalue weighted by atomic mass is 35.5. The lowest BCUT2D eigenvalue weighted by Gasteiger charge is -2.34. The molecule has 0 saturated carbocycles. The van der Waals surface area contributed by atoms with Crippen LogP contribution < -0.4 is 5.32 Å². The van der Waals surface area contributed by atoms with E-state index in [9.17, 15) is 17.6 Å². The van der Waals surface area contributed by atoms with Crippen molar-refractivity contribution in [3.8, 4) is 0 Å². The number of benzene rings is 1. The van der Waals surface area contributed by atoms with Gasteiger partial charge in [0, 0.05) is 57.4 Å². The number of halogens is 5. The standard InChI is InChI=1S/C22H23F4N5.ClH/c23-17-3-1-2-16(14-17)15-31-12-10-30(11-13-31)9-8-28-21-18-4-5-20(22(24,25)26)29-19(18)6-7-27-21;/h1-7,14H,8-13,15H2,(H,27,28);1H. The van der Waals surface area contributed by atoms with Crippen LogP contribution in [-0.2, 0) is 12.7 Å². The van der Waals surface area contributed by atoms with E-state index < -0.39 is 11.9 Å². The number of rotatable bonds is 6. The molecule has 1 aromatic carbocycles. The Labute approximate surface area is 189 Å². The molecule has 0 atom stereocenters. The predicted molar refractivity (Wildman–Crippen MR) is 118 cm³/mol. The number of aromatic nitrogens is 2. The lowest BCUT2D eigenvalue weighted by molar-refractivity contribution is -0.140. The topological polar surface area (TPSA) is 44.3 Å². The molecule has 3 aromatic rings. The first-order valence-electron chi connectivity index (χ1n) is 10.1. The van der Waals surface area contributed by atoms with Crippen molar-refractivity contribution in [1.29, 1.82) is 0 Å². The Hall–Kier alpha value is -2.49. The van der Waals surface area contributed by atoms with Crippen LogP contribution in [0.2, 0.25) is 0 Å². The Morgan fingerprint density at radius 2 is 1.72 bits per heavy atom. The van der Waals surface area contributed by atoms with Crippen LogP contribution in [0.4, 0.5) is 23.4 Å². The van der Waals surface area contributed by atoms with Crippen LogP contribution >= 0.6 is 12.4 Å². The molecule has 5 nitrogen and oxygen atoms in total. The van der Waals surface area contributed by atoms with Crippen molar-refractivity contribution >= 4 is 29.1 Å². The van der Waals surface area contributed by atoms with E-state index in [-0.39, 0.29) is 23.7 Å². The van der Waals surface area contributed by atoms with Crippen molar-refractivity contribution in [2.24, 2.45) is 0 Å². The van der Waals surface area contributed by atoms with Gasteiger partial charge in [0.2, 0.25) is 0 Å². The summed E-state index contributed by atoms with van der Waals surface area (Å²) in [5, 5.41) is 3.79. The molecule has 1 saturated heterocycles. The van der Waals surface area contributed by atoms with E-state index in [0.29, 0.717) is 17.7 Å². The first kappa shape index (κ1) is 24.2. The van der Waals surface area contributed by atoms with Gasteiger partial charge in [-0.15, -0.1) is 12.4 Å². The monoisotopic (exact) mass is 469 g/mol. The van der Waals surface area contributed by atoms with E-state index in [2.05, 4.69) is 25.1 Å².